The largest absolute Gasteiger partial charge is 0.488 e. The van der Waals surface area contributed by atoms with Gasteiger partial charge in [-0.2, -0.15) is 0 Å². The van der Waals surface area contributed by atoms with Gasteiger partial charge in [-0.05, 0) is 63.7 Å². The van der Waals surface area contributed by atoms with Crippen LogP contribution in [-0.2, 0) is 9.47 Å². The smallest absolute Gasteiger partial charge is 0.150 e. The Morgan fingerprint density at radius 3 is 1.30 bits per heavy atom. The molecular formula is C12H10Br4O4. The van der Waals surface area contributed by atoms with E-state index in [1.54, 1.807) is 0 Å². The number of rotatable bonds is 6. The van der Waals surface area contributed by atoms with Crippen molar-refractivity contribution in [1.29, 1.82) is 0 Å². The summed E-state index contributed by atoms with van der Waals surface area (Å²) in [7, 11) is 0. The number of ether oxygens (including phenoxy) is 4. The first-order valence-electron chi connectivity index (χ1n) is 5.92. The zero-order valence-corrected chi connectivity index (χ0v) is 16.5. The van der Waals surface area contributed by atoms with Crippen LogP contribution in [0.3, 0.4) is 0 Å². The molecule has 20 heavy (non-hydrogen) atoms. The molecule has 2 unspecified atom stereocenters. The molecule has 0 aromatic heterocycles. The molecule has 0 bridgehead atoms. The van der Waals surface area contributed by atoms with Gasteiger partial charge in [0.15, 0.2) is 0 Å². The molecule has 2 fully saturated rings. The first-order valence-corrected chi connectivity index (χ1v) is 9.10. The first-order chi connectivity index (χ1) is 9.58. The van der Waals surface area contributed by atoms with E-state index in [4.69, 9.17) is 18.9 Å². The molecule has 2 aliphatic heterocycles. The molecule has 2 heterocycles. The Bertz CT molecular complexity index is 453. The number of epoxide rings is 2. The average Bonchev–Trinajstić information content (AvgIpc) is 3.30. The normalized spacial score (nSPS) is 23.6. The Labute approximate surface area is 150 Å². The highest BCUT2D eigenvalue weighted by Crippen LogP contribution is 2.50. The molecule has 2 saturated heterocycles. The maximum atomic E-state index is 5.79. The molecule has 0 amide bonds. The summed E-state index contributed by atoms with van der Waals surface area (Å²) in [5, 5.41) is 0. The molecule has 8 heteroatoms. The molecule has 2 aliphatic rings. The van der Waals surface area contributed by atoms with E-state index in [1.165, 1.54) is 0 Å². The lowest BCUT2D eigenvalue weighted by molar-refractivity contribution is 0.253. The summed E-state index contributed by atoms with van der Waals surface area (Å²) in [5.41, 5.74) is 0. The number of halogens is 4. The minimum absolute atomic E-state index is 0.203. The third-order valence-electron chi connectivity index (χ3n) is 2.81. The minimum atomic E-state index is 0.203. The summed E-state index contributed by atoms with van der Waals surface area (Å²) in [5.74, 6) is 1.43. The molecule has 0 spiro atoms. The second-order valence-corrected chi connectivity index (χ2v) is 7.62. The van der Waals surface area contributed by atoms with Crippen molar-refractivity contribution >= 4 is 63.7 Å². The van der Waals surface area contributed by atoms with Crippen molar-refractivity contribution < 1.29 is 18.9 Å². The summed E-state index contributed by atoms with van der Waals surface area (Å²) in [6.45, 7) is 2.60. The Morgan fingerprint density at radius 2 is 1.05 bits per heavy atom. The van der Waals surface area contributed by atoms with Gasteiger partial charge in [-0.1, -0.05) is 0 Å². The van der Waals surface area contributed by atoms with Crippen LogP contribution in [0.4, 0.5) is 0 Å². The highest BCUT2D eigenvalue weighted by atomic mass is 79.9. The van der Waals surface area contributed by atoms with E-state index < -0.39 is 0 Å². The average molecular weight is 538 g/mol. The molecule has 2 atom stereocenters. The van der Waals surface area contributed by atoms with Crippen molar-refractivity contribution in [3.05, 3.63) is 17.9 Å². The number of hydrogen-bond acceptors (Lipinski definition) is 4. The molecule has 0 radical (unpaired) electrons. The van der Waals surface area contributed by atoms with Gasteiger partial charge in [0.05, 0.1) is 31.1 Å². The van der Waals surface area contributed by atoms with Crippen LogP contribution in [0.1, 0.15) is 0 Å². The Hall–Kier alpha value is 0.660. The van der Waals surface area contributed by atoms with Crippen LogP contribution in [0.2, 0.25) is 0 Å². The van der Waals surface area contributed by atoms with E-state index in [0.29, 0.717) is 24.7 Å². The standard InChI is InChI=1S/C12H10Br4O4/c13-7-9(15)12(20-4-6-2-18-6)10(16)8(14)11(7)19-3-5-1-17-5/h5-6H,1-4H2. The van der Waals surface area contributed by atoms with Gasteiger partial charge < -0.3 is 18.9 Å². The highest BCUT2D eigenvalue weighted by molar-refractivity contribution is 9.14. The van der Waals surface area contributed by atoms with E-state index in [2.05, 4.69) is 63.7 Å². The van der Waals surface area contributed by atoms with Gasteiger partial charge in [0.25, 0.3) is 0 Å². The fourth-order valence-corrected chi connectivity index (χ4v) is 4.03. The Balaban J connectivity index is 1.83. The zero-order chi connectivity index (χ0) is 14.3. The number of hydrogen-bond donors (Lipinski definition) is 0. The Kier molecular flexibility index (Phi) is 4.99. The monoisotopic (exact) mass is 534 g/mol. The molecule has 110 valence electrons. The topological polar surface area (TPSA) is 43.5 Å². The molecule has 1 aromatic carbocycles. The van der Waals surface area contributed by atoms with Crippen LogP contribution in [-0.4, -0.2) is 38.6 Å². The first kappa shape index (κ1) is 15.6. The van der Waals surface area contributed by atoms with Gasteiger partial charge in [0.2, 0.25) is 0 Å². The minimum Gasteiger partial charge on any atom is -0.488 e. The van der Waals surface area contributed by atoms with Gasteiger partial charge in [-0.15, -0.1) is 0 Å². The van der Waals surface area contributed by atoms with E-state index in [9.17, 15) is 0 Å². The van der Waals surface area contributed by atoms with Crippen LogP contribution < -0.4 is 9.47 Å². The predicted octanol–water partition coefficient (Wildman–Crippen LogP) is 4.29. The van der Waals surface area contributed by atoms with Crippen molar-refractivity contribution in [1.82, 2.24) is 0 Å². The van der Waals surface area contributed by atoms with Gasteiger partial charge in [-0.25, -0.2) is 0 Å². The van der Waals surface area contributed by atoms with Crippen molar-refractivity contribution in [2.24, 2.45) is 0 Å². The SMILES string of the molecule is Brc1c(Br)c(OCC2CO2)c(Br)c(Br)c1OCC1CO1. The molecule has 0 saturated carbocycles. The van der Waals surface area contributed by atoms with Gasteiger partial charge >= 0.3 is 0 Å². The molecule has 0 aliphatic carbocycles. The highest BCUT2D eigenvalue weighted by Gasteiger charge is 2.28. The maximum absolute atomic E-state index is 5.79. The molecule has 4 nitrogen and oxygen atoms in total. The lowest BCUT2D eigenvalue weighted by Gasteiger charge is -2.17. The van der Waals surface area contributed by atoms with E-state index in [1.807, 2.05) is 0 Å². The second-order valence-electron chi connectivity index (χ2n) is 4.45. The van der Waals surface area contributed by atoms with Gasteiger partial charge in [0.1, 0.15) is 36.9 Å². The van der Waals surface area contributed by atoms with Crippen LogP contribution in [0.25, 0.3) is 0 Å². The maximum Gasteiger partial charge on any atom is 0.150 e. The number of benzene rings is 1. The van der Waals surface area contributed by atoms with Crippen molar-refractivity contribution in [3.8, 4) is 11.5 Å². The third kappa shape index (κ3) is 3.52. The lowest BCUT2D eigenvalue weighted by Crippen LogP contribution is -2.08. The molecule has 0 N–H and O–H groups in total. The third-order valence-corrected chi connectivity index (χ3v) is 6.91. The quantitative estimate of drug-likeness (QED) is 0.401. The molecule has 1 aromatic rings. The summed E-state index contributed by atoms with van der Waals surface area (Å²) < 4.78 is 25.1. The zero-order valence-electron chi connectivity index (χ0n) is 10.1. The fraction of sp³-hybridized carbons (Fsp3) is 0.500. The van der Waals surface area contributed by atoms with Gasteiger partial charge in [-0.3, -0.25) is 0 Å². The molecular weight excluding hydrogens is 528 g/mol. The van der Waals surface area contributed by atoms with E-state index in [0.717, 1.165) is 31.1 Å². The van der Waals surface area contributed by atoms with Crippen molar-refractivity contribution in [2.75, 3.05) is 26.4 Å². The van der Waals surface area contributed by atoms with Crippen LogP contribution >= 0.6 is 63.7 Å². The second kappa shape index (κ2) is 6.42. The van der Waals surface area contributed by atoms with Gasteiger partial charge in [0, 0.05) is 0 Å². The van der Waals surface area contributed by atoms with Crippen molar-refractivity contribution in [3.63, 3.8) is 0 Å². The molecule has 3 rings (SSSR count). The Morgan fingerprint density at radius 1 is 0.750 bits per heavy atom. The van der Waals surface area contributed by atoms with Crippen LogP contribution in [0.15, 0.2) is 17.9 Å². The summed E-state index contributed by atoms with van der Waals surface area (Å²) in [6, 6.07) is 0. The lowest BCUT2D eigenvalue weighted by atomic mass is 10.3. The summed E-state index contributed by atoms with van der Waals surface area (Å²) >= 11 is 14.1. The van der Waals surface area contributed by atoms with Crippen LogP contribution in [0, 0.1) is 0 Å². The van der Waals surface area contributed by atoms with E-state index in [-0.39, 0.29) is 12.2 Å². The van der Waals surface area contributed by atoms with E-state index >= 15 is 0 Å². The summed E-state index contributed by atoms with van der Waals surface area (Å²) in [4.78, 5) is 0. The van der Waals surface area contributed by atoms with Crippen molar-refractivity contribution in [2.45, 2.75) is 12.2 Å². The predicted molar refractivity (Wildman–Crippen MR) is 87.7 cm³/mol. The van der Waals surface area contributed by atoms with Crippen LogP contribution in [0.5, 0.6) is 11.5 Å². The fourth-order valence-electron chi connectivity index (χ4n) is 1.53. The summed E-state index contributed by atoms with van der Waals surface area (Å²) in [6.07, 6.45) is 0.406.